The summed E-state index contributed by atoms with van der Waals surface area (Å²) in [6.07, 6.45) is -5.96. The van der Waals surface area contributed by atoms with Gasteiger partial charge in [-0.15, -0.1) is 0 Å². The summed E-state index contributed by atoms with van der Waals surface area (Å²) in [7, 11) is -3.27. The Kier molecular flexibility index (Phi) is 5.47. The van der Waals surface area contributed by atoms with Crippen molar-refractivity contribution in [3.63, 3.8) is 0 Å². The van der Waals surface area contributed by atoms with Crippen molar-refractivity contribution in [3.8, 4) is 5.75 Å². The summed E-state index contributed by atoms with van der Waals surface area (Å²) in [4.78, 5) is 10.8. The van der Waals surface area contributed by atoms with E-state index in [9.17, 15) is 31.5 Å². The molecule has 1 amide bonds. The number of nitrogens with zero attached hydrogens (tertiary/aromatic N) is 1. The Labute approximate surface area is 142 Å². The second-order valence-corrected chi connectivity index (χ2v) is 7.19. The zero-order valence-corrected chi connectivity index (χ0v) is 14.0. The van der Waals surface area contributed by atoms with Crippen LogP contribution in [0.4, 0.5) is 18.0 Å². The number of rotatable bonds is 4. The zero-order chi connectivity index (χ0) is 18.8. The highest BCUT2D eigenvalue weighted by molar-refractivity contribution is 7.89. The number of piperidine rings is 1. The summed E-state index contributed by atoms with van der Waals surface area (Å²) >= 11 is 0. The van der Waals surface area contributed by atoms with Crippen LogP contribution in [0.2, 0.25) is 0 Å². The van der Waals surface area contributed by atoms with Crippen LogP contribution in [0.15, 0.2) is 23.1 Å². The van der Waals surface area contributed by atoms with Gasteiger partial charge in [0.15, 0.2) is 0 Å². The third-order valence-corrected chi connectivity index (χ3v) is 5.44. The molecule has 7 nitrogen and oxygen atoms in total. The summed E-state index contributed by atoms with van der Waals surface area (Å²) in [6.45, 7) is 0.0918. The molecule has 0 radical (unpaired) electrons. The minimum Gasteiger partial charge on any atom is -0.530 e. The van der Waals surface area contributed by atoms with Crippen LogP contribution in [0.5, 0.6) is 5.75 Å². The molecule has 1 N–H and O–H groups in total. The predicted octanol–water partition coefficient (Wildman–Crippen LogP) is 0.800. The number of hydrogen-bond donors (Lipinski definition) is 1. The molecule has 0 spiro atoms. The molecule has 1 aromatic carbocycles. The van der Waals surface area contributed by atoms with Crippen molar-refractivity contribution in [2.24, 2.45) is 0 Å². The van der Waals surface area contributed by atoms with E-state index in [1.807, 2.05) is 0 Å². The number of sulfonamides is 1. The fraction of sp³-hybridized carbons (Fsp3) is 0.500. The number of alkyl halides is 3. The third-order valence-electron chi connectivity index (χ3n) is 3.86. The molecule has 0 atom stereocenters. The predicted molar refractivity (Wildman–Crippen MR) is 78.3 cm³/mol. The number of hydrogen-bond acceptors (Lipinski definition) is 5. The smallest absolute Gasteiger partial charge is 0.417 e. The number of carbonyl (C=O) groups excluding carboxylic acids is 1. The maximum atomic E-state index is 13.2. The number of halogens is 3. The van der Waals surface area contributed by atoms with Crippen molar-refractivity contribution in [1.29, 1.82) is 0 Å². The minimum absolute atomic E-state index is 0.0459. The van der Waals surface area contributed by atoms with E-state index in [4.69, 9.17) is 4.74 Å². The zero-order valence-electron chi connectivity index (χ0n) is 13.2. The normalized spacial score (nSPS) is 16.7. The molecule has 1 saturated heterocycles. The minimum atomic E-state index is -4.88. The van der Waals surface area contributed by atoms with Gasteiger partial charge in [0.25, 0.3) is 0 Å². The quantitative estimate of drug-likeness (QED) is 0.832. The number of benzene rings is 1. The first kappa shape index (κ1) is 19.3. The summed E-state index contributed by atoms with van der Waals surface area (Å²) < 4.78 is 71.3. The van der Waals surface area contributed by atoms with Gasteiger partial charge in [-0.05, 0) is 31.0 Å². The Morgan fingerprint density at radius 3 is 2.40 bits per heavy atom. The lowest BCUT2D eigenvalue weighted by molar-refractivity contribution is -0.266. The number of carboxylic acid groups (broad SMARTS) is 1. The van der Waals surface area contributed by atoms with E-state index < -0.39 is 38.8 Å². The van der Waals surface area contributed by atoms with E-state index in [0.29, 0.717) is 6.07 Å². The maximum absolute atomic E-state index is 13.2. The lowest BCUT2D eigenvalue weighted by atomic mass is 10.1. The molecule has 0 saturated carbocycles. The van der Waals surface area contributed by atoms with Gasteiger partial charge in [0.1, 0.15) is 11.8 Å². The van der Waals surface area contributed by atoms with Gasteiger partial charge in [0.2, 0.25) is 10.0 Å². The highest BCUT2D eigenvalue weighted by Crippen LogP contribution is 2.36. The van der Waals surface area contributed by atoms with Gasteiger partial charge in [-0.1, -0.05) is 0 Å². The first-order valence-electron chi connectivity index (χ1n) is 7.28. The monoisotopic (exact) mass is 381 g/mol. The van der Waals surface area contributed by atoms with E-state index in [1.165, 1.54) is 7.11 Å². The second kappa shape index (κ2) is 7.08. The molecule has 1 heterocycles. The molecule has 140 valence electrons. The third kappa shape index (κ3) is 4.54. The first-order chi connectivity index (χ1) is 11.5. The van der Waals surface area contributed by atoms with Crippen LogP contribution in [0.3, 0.4) is 0 Å². The maximum Gasteiger partial charge on any atom is 0.417 e. The largest absolute Gasteiger partial charge is 0.530 e. The number of methoxy groups -OCH3 is 1. The Bertz CT molecular complexity index is 743. The number of nitrogens with one attached hydrogen (secondary N) is 1. The molecule has 1 fully saturated rings. The SMILES string of the molecule is COc1ccc(S(=O)(=O)NC2CCN(C(=O)[O-])CC2)c(C(F)(F)F)c1. The fourth-order valence-electron chi connectivity index (χ4n) is 2.55. The van der Waals surface area contributed by atoms with Crippen LogP contribution in [0.1, 0.15) is 18.4 Å². The van der Waals surface area contributed by atoms with Crippen LogP contribution in [-0.4, -0.2) is 45.7 Å². The fourth-order valence-corrected chi connectivity index (χ4v) is 4.07. The van der Waals surface area contributed by atoms with Gasteiger partial charge in [-0.2, -0.15) is 13.2 Å². The summed E-state index contributed by atoms with van der Waals surface area (Å²) in [5, 5.41) is 10.7. The Morgan fingerprint density at radius 2 is 1.92 bits per heavy atom. The van der Waals surface area contributed by atoms with Crippen LogP contribution in [-0.2, 0) is 16.2 Å². The number of carbonyl (C=O) groups is 1. The Balaban J connectivity index is 2.24. The molecule has 0 aliphatic carbocycles. The molecule has 25 heavy (non-hydrogen) atoms. The summed E-state index contributed by atoms with van der Waals surface area (Å²) in [5.41, 5.74) is -1.33. The Morgan fingerprint density at radius 1 is 1.32 bits per heavy atom. The average molecular weight is 381 g/mol. The van der Waals surface area contributed by atoms with E-state index in [0.717, 1.165) is 17.0 Å². The number of likely N-dealkylation sites (tertiary alicyclic amines) is 1. The topological polar surface area (TPSA) is 98.8 Å². The van der Waals surface area contributed by atoms with Crippen LogP contribution in [0.25, 0.3) is 0 Å². The molecule has 0 unspecified atom stereocenters. The van der Waals surface area contributed by atoms with Crippen molar-refractivity contribution < 1.29 is 36.2 Å². The van der Waals surface area contributed by atoms with Crippen molar-refractivity contribution in [2.75, 3.05) is 20.2 Å². The molecule has 11 heteroatoms. The van der Waals surface area contributed by atoms with E-state index in [1.54, 1.807) is 0 Å². The summed E-state index contributed by atoms with van der Waals surface area (Å²) in [6, 6.07) is 1.92. The number of ether oxygens (including phenoxy) is 1. The van der Waals surface area contributed by atoms with Gasteiger partial charge in [0.05, 0.1) is 17.6 Å². The van der Waals surface area contributed by atoms with Gasteiger partial charge in [-0.25, -0.2) is 13.1 Å². The van der Waals surface area contributed by atoms with Crippen molar-refractivity contribution in [1.82, 2.24) is 9.62 Å². The molecule has 2 rings (SSSR count). The number of amides is 1. The van der Waals surface area contributed by atoms with E-state index >= 15 is 0 Å². The molecular weight excluding hydrogens is 365 g/mol. The average Bonchev–Trinajstić information content (AvgIpc) is 2.53. The van der Waals surface area contributed by atoms with Crippen LogP contribution in [0, 0.1) is 0 Å². The molecule has 1 aliphatic heterocycles. The molecule has 0 bridgehead atoms. The summed E-state index contributed by atoms with van der Waals surface area (Å²) in [5.74, 6) is -0.117. The lowest BCUT2D eigenvalue weighted by Crippen LogP contribution is -2.50. The van der Waals surface area contributed by atoms with E-state index in [2.05, 4.69) is 4.72 Å². The molecule has 1 aliphatic rings. The highest BCUT2D eigenvalue weighted by atomic mass is 32.2. The first-order valence-corrected chi connectivity index (χ1v) is 8.76. The van der Waals surface area contributed by atoms with Gasteiger partial charge in [0, 0.05) is 19.1 Å². The lowest BCUT2D eigenvalue weighted by Gasteiger charge is -2.33. The molecule has 0 aromatic heterocycles. The van der Waals surface area contributed by atoms with Gasteiger partial charge < -0.3 is 19.5 Å². The van der Waals surface area contributed by atoms with Crippen molar-refractivity contribution in [2.45, 2.75) is 30.0 Å². The molecule has 1 aromatic rings. The Hall–Kier alpha value is -2.01. The highest BCUT2D eigenvalue weighted by Gasteiger charge is 2.38. The van der Waals surface area contributed by atoms with Crippen LogP contribution < -0.4 is 14.6 Å². The van der Waals surface area contributed by atoms with Crippen molar-refractivity contribution >= 4 is 16.1 Å². The van der Waals surface area contributed by atoms with Crippen LogP contribution >= 0.6 is 0 Å². The molecular formula is C14H16F3N2O5S-. The van der Waals surface area contributed by atoms with Crippen molar-refractivity contribution in [3.05, 3.63) is 23.8 Å². The second-order valence-electron chi connectivity index (χ2n) is 5.51. The van der Waals surface area contributed by atoms with E-state index in [-0.39, 0.29) is 31.7 Å². The standard InChI is InChI=1S/C14H17F3N2O5S/c1-24-10-2-3-12(11(8-10)14(15,16)17)25(22,23)18-9-4-6-19(7-5-9)13(20)21/h2-3,8-9,18H,4-7H2,1H3,(H,20,21)/p-1. The van der Waals surface area contributed by atoms with Gasteiger partial charge >= 0.3 is 6.18 Å². The van der Waals surface area contributed by atoms with Gasteiger partial charge in [-0.3, -0.25) is 0 Å².